The number of carbonyl (C=O) groups excluding carboxylic acids is 1. The van der Waals surface area contributed by atoms with E-state index in [1.807, 2.05) is 35.2 Å². The Balaban J connectivity index is 1.52. The zero-order valence-electron chi connectivity index (χ0n) is 13.4. The molecular weight excluding hydrogens is 312 g/mol. The molecule has 2 aliphatic heterocycles. The molecule has 2 heterocycles. The van der Waals surface area contributed by atoms with E-state index < -0.39 is 10.0 Å². The molecule has 2 saturated heterocycles. The Morgan fingerprint density at radius 1 is 1.04 bits per heavy atom. The van der Waals surface area contributed by atoms with Crippen molar-refractivity contribution in [2.75, 3.05) is 26.2 Å². The monoisotopic (exact) mass is 336 g/mol. The van der Waals surface area contributed by atoms with Crippen LogP contribution in [0.25, 0.3) is 0 Å². The molecule has 0 saturated carbocycles. The maximum Gasteiger partial charge on any atom is 0.222 e. The van der Waals surface area contributed by atoms with Crippen molar-refractivity contribution in [1.29, 1.82) is 0 Å². The van der Waals surface area contributed by atoms with E-state index in [-0.39, 0.29) is 11.7 Å². The summed E-state index contributed by atoms with van der Waals surface area (Å²) in [7, 11) is -3.25. The van der Waals surface area contributed by atoms with Gasteiger partial charge in [-0.1, -0.05) is 30.3 Å². The lowest BCUT2D eigenvalue weighted by molar-refractivity contribution is -0.128. The Bertz CT molecular complexity index is 637. The third-order valence-corrected chi connectivity index (χ3v) is 6.66. The van der Waals surface area contributed by atoms with Gasteiger partial charge in [0.25, 0.3) is 0 Å². The molecule has 1 aromatic carbocycles. The lowest BCUT2D eigenvalue weighted by Gasteiger charge is -2.33. The van der Waals surface area contributed by atoms with Crippen molar-refractivity contribution in [3.05, 3.63) is 35.9 Å². The van der Waals surface area contributed by atoms with Crippen LogP contribution in [-0.2, 0) is 20.6 Å². The van der Waals surface area contributed by atoms with E-state index in [1.165, 1.54) is 0 Å². The van der Waals surface area contributed by atoms with Crippen LogP contribution in [0.3, 0.4) is 0 Å². The standard InChI is InChI=1S/C17H24N2O3S/c20-17-7-4-10-18(17)13-15-8-11-19(12-9-15)23(21,22)14-16-5-2-1-3-6-16/h1-3,5-6,15H,4,7-14H2. The first-order chi connectivity index (χ1) is 11.0. The molecule has 5 nitrogen and oxygen atoms in total. The molecule has 0 N–H and O–H groups in total. The number of rotatable bonds is 5. The quantitative estimate of drug-likeness (QED) is 0.824. The molecule has 0 aliphatic carbocycles. The van der Waals surface area contributed by atoms with Gasteiger partial charge < -0.3 is 4.90 Å². The first-order valence-electron chi connectivity index (χ1n) is 8.34. The molecule has 0 spiro atoms. The van der Waals surface area contributed by atoms with Gasteiger partial charge in [0.1, 0.15) is 0 Å². The molecule has 0 bridgehead atoms. The van der Waals surface area contributed by atoms with Crippen LogP contribution in [-0.4, -0.2) is 49.7 Å². The Morgan fingerprint density at radius 3 is 2.35 bits per heavy atom. The van der Waals surface area contributed by atoms with Gasteiger partial charge in [0.05, 0.1) is 5.75 Å². The smallest absolute Gasteiger partial charge is 0.222 e. The van der Waals surface area contributed by atoms with Crippen molar-refractivity contribution < 1.29 is 13.2 Å². The van der Waals surface area contributed by atoms with Crippen molar-refractivity contribution in [2.24, 2.45) is 5.92 Å². The second-order valence-electron chi connectivity index (χ2n) is 6.53. The summed E-state index contributed by atoms with van der Waals surface area (Å²) in [5.74, 6) is 0.757. The number of sulfonamides is 1. The van der Waals surface area contributed by atoms with Crippen molar-refractivity contribution in [1.82, 2.24) is 9.21 Å². The van der Waals surface area contributed by atoms with Crippen LogP contribution >= 0.6 is 0 Å². The summed E-state index contributed by atoms with van der Waals surface area (Å²) >= 11 is 0. The van der Waals surface area contributed by atoms with Gasteiger partial charge in [-0.15, -0.1) is 0 Å². The molecule has 0 unspecified atom stereocenters. The summed E-state index contributed by atoms with van der Waals surface area (Å²) in [4.78, 5) is 13.6. The zero-order valence-corrected chi connectivity index (χ0v) is 14.2. The number of hydrogen-bond donors (Lipinski definition) is 0. The van der Waals surface area contributed by atoms with Gasteiger partial charge in [0.2, 0.25) is 15.9 Å². The highest BCUT2D eigenvalue weighted by atomic mass is 32.2. The van der Waals surface area contributed by atoms with Gasteiger partial charge in [-0.25, -0.2) is 12.7 Å². The molecule has 0 aromatic heterocycles. The Kier molecular flexibility index (Phi) is 5.02. The van der Waals surface area contributed by atoms with E-state index in [9.17, 15) is 13.2 Å². The highest BCUT2D eigenvalue weighted by Crippen LogP contribution is 2.24. The minimum Gasteiger partial charge on any atom is -0.342 e. The lowest BCUT2D eigenvalue weighted by atomic mass is 9.98. The van der Waals surface area contributed by atoms with Gasteiger partial charge >= 0.3 is 0 Å². The topological polar surface area (TPSA) is 57.7 Å². The third kappa shape index (κ3) is 4.12. The molecule has 6 heteroatoms. The molecule has 1 aromatic rings. The lowest BCUT2D eigenvalue weighted by Crippen LogP contribution is -2.42. The normalized spacial score (nSPS) is 21.0. The summed E-state index contributed by atoms with van der Waals surface area (Å²) in [6, 6.07) is 9.32. The maximum atomic E-state index is 12.5. The number of benzene rings is 1. The molecule has 0 radical (unpaired) electrons. The van der Waals surface area contributed by atoms with Crippen LogP contribution in [0.5, 0.6) is 0 Å². The fourth-order valence-electron chi connectivity index (χ4n) is 3.45. The fourth-order valence-corrected chi connectivity index (χ4v) is 5.02. The number of piperidine rings is 1. The predicted molar refractivity (Wildman–Crippen MR) is 89.2 cm³/mol. The van der Waals surface area contributed by atoms with Crippen molar-refractivity contribution in [3.8, 4) is 0 Å². The molecule has 2 aliphatic rings. The van der Waals surface area contributed by atoms with Crippen LogP contribution in [0.2, 0.25) is 0 Å². The minimum atomic E-state index is -3.25. The zero-order chi connectivity index (χ0) is 16.3. The van der Waals surface area contributed by atoms with Gasteiger partial charge in [-0.2, -0.15) is 0 Å². The summed E-state index contributed by atoms with van der Waals surface area (Å²) in [6.07, 6.45) is 3.32. The molecule has 23 heavy (non-hydrogen) atoms. The fraction of sp³-hybridized carbons (Fsp3) is 0.588. The van der Waals surface area contributed by atoms with Crippen LogP contribution in [0.4, 0.5) is 0 Å². The molecular formula is C17H24N2O3S. The summed E-state index contributed by atoms with van der Waals surface area (Å²) in [6.45, 7) is 2.81. The average molecular weight is 336 g/mol. The van der Waals surface area contributed by atoms with Crippen LogP contribution in [0.15, 0.2) is 30.3 Å². The highest BCUT2D eigenvalue weighted by molar-refractivity contribution is 7.88. The first-order valence-corrected chi connectivity index (χ1v) is 9.95. The Labute approximate surface area is 138 Å². The first kappa shape index (κ1) is 16.5. The van der Waals surface area contributed by atoms with Gasteiger partial charge in [0.15, 0.2) is 0 Å². The van der Waals surface area contributed by atoms with Crippen molar-refractivity contribution in [2.45, 2.75) is 31.4 Å². The largest absolute Gasteiger partial charge is 0.342 e. The molecule has 0 atom stereocenters. The number of amides is 1. The second kappa shape index (κ2) is 7.01. The van der Waals surface area contributed by atoms with E-state index in [0.29, 0.717) is 25.4 Å². The highest BCUT2D eigenvalue weighted by Gasteiger charge is 2.30. The van der Waals surface area contributed by atoms with Crippen LogP contribution in [0, 0.1) is 5.92 Å². The summed E-state index contributed by atoms with van der Waals surface area (Å²) < 4.78 is 26.7. The molecule has 1 amide bonds. The molecule has 2 fully saturated rings. The number of likely N-dealkylation sites (tertiary alicyclic amines) is 1. The van der Waals surface area contributed by atoms with Crippen LogP contribution < -0.4 is 0 Å². The van der Waals surface area contributed by atoms with Gasteiger partial charge in [-0.05, 0) is 30.7 Å². The number of hydrogen-bond acceptors (Lipinski definition) is 3. The summed E-state index contributed by atoms with van der Waals surface area (Å²) in [5.41, 5.74) is 0.831. The van der Waals surface area contributed by atoms with Crippen molar-refractivity contribution >= 4 is 15.9 Å². The molecule has 3 rings (SSSR count). The number of nitrogens with zero attached hydrogens (tertiary/aromatic N) is 2. The maximum absolute atomic E-state index is 12.5. The second-order valence-corrected chi connectivity index (χ2v) is 8.50. The van der Waals surface area contributed by atoms with E-state index in [0.717, 1.165) is 37.9 Å². The summed E-state index contributed by atoms with van der Waals surface area (Å²) in [5, 5.41) is 0. The number of carbonyl (C=O) groups is 1. The van der Waals surface area contributed by atoms with Gasteiger partial charge in [0, 0.05) is 32.6 Å². The van der Waals surface area contributed by atoms with E-state index >= 15 is 0 Å². The average Bonchev–Trinajstić information content (AvgIpc) is 2.93. The van der Waals surface area contributed by atoms with Crippen molar-refractivity contribution in [3.63, 3.8) is 0 Å². The molecule has 126 valence electrons. The van der Waals surface area contributed by atoms with Gasteiger partial charge in [-0.3, -0.25) is 4.79 Å². The van der Waals surface area contributed by atoms with E-state index in [2.05, 4.69) is 0 Å². The Hall–Kier alpha value is -1.40. The Morgan fingerprint density at radius 2 is 1.74 bits per heavy atom. The van der Waals surface area contributed by atoms with E-state index in [1.54, 1.807) is 4.31 Å². The SMILES string of the molecule is O=C1CCCN1CC1CCN(S(=O)(=O)Cc2ccccc2)CC1. The predicted octanol–water partition coefficient (Wildman–Crippen LogP) is 1.85. The minimum absolute atomic E-state index is 0.0725. The van der Waals surface area contributed by atoms with Crippen LogP contribution in [0.1, 0.15) is 31.2 Å². The van der Waals surface area contributed by atoms with E-state index in [4.69, 9.17) is 0 Å². The third-order valence-electron chi connectivity index (χ3n) is 4.81.